The smallest absolute Gasteiger partial charge is 0.296 e. The number of nitrogens with zero attached hydrogens (tertiary/aromatic N) is 4. The number of halogens is 1. The summed E-state index contributed by atoms with van der Waals surface area (Å²) in [7, 11) is 1.26. The van der Waals surface area contributed by atoms with E-state index in [4.69, 9.17) is 10.7 Å². The van der Waals surface area contributed by atoms with E-state index in [0.29, 0.717) is 11.1 Å². The number of nitro groups is 1. The normalized spacial score (nSPS) is 11.6. The summed E-state index contributed by atoms with van der Waals surface area (Å²) in [4.78, 5) is 10.4. The zero-order valence-electron chi connectivity index (χ0n) is 11.1. The van der Waals surface area contributed by atoms with Crippen molar-refractivity contribution < 1.29 is 13.3 Å². The van der Waals surface area contributed by atoms with Crippen LogP contribution in [0, 0.1) is 17.0 Å². The zero-order valence-corrected chi connectivity index (χ0v) is 12.7. The highest BCUT2D eigenvalue weighted by Crippen LogP contribution is 2.27. The predicted molar refractivity (Wildman–Crippen MR) is 75.6 cm³/mol. The lowest BCUT2D eigenvalue weighted by Gasteiger charge is -2.06. The van der Waals surface area contributed by atoms with E-state index in [1.54, 1.807) is 19.9 Å². The van der Waals surface area contributed by atoms with Crippen molar-refractivity contribution >= 4 is 25.4 Å². The fourth-order valence-electron chi connectivity index (χ4n) is 1.97. The van der Waals surface area contributed by atoms with E-state index in [2.05, 4.69) is 10.2 Å². The first-order valence-electron chi connectivity index (χ1n) is 5.88. The minimum absolute atomic E-state index is 0.106. The van der Waals surface area contributed by atoms with Crippen molar-refractivity contribution in [1.82, 2.24) is 14.8 Å². The summed E-state index contributed by atoms with van der Waals surface area (Å²) in [6.45, 7) is 3.65. The molecule has 0 unspecified atom stereocenters. The summed E-state index contributed by atoms with van der Waals surface area (Å²) in [6.07, 6.45) is 0. The van der Waals surface area contributed by atoms with E-state index in [-0.39, 0.29) is 23.2 Å². The molecule has 0 amide bonds. The number of nitro benzene ring substituents is 1. The van der Waals surface area contributed by atoms with Crippen LogP contribution in [-0.4, -0.2) is 28.1 Å². The van der Waals surface area contributed by atoms with Gasteiger partial charge >= 0.3 is 0 Å². The van der Waals surface area contributed by atoms with E-state index in [1.165, 1.54) is 16.7 Å². The minimum atomic E-state index is -4.04. The van der Waals surface area contributed by atoms with Crippen molar-refractivity contribution in [3.8, 4) is 11.4 Å². The monoisotopic (exact) mass is 330 g/mol. The van der Waals surface area contributed by atoms with Gasteiger partial charge in [-0.2, -0.15) is 0 Å². The van der Waals surface area contributed by atoms with Crippen LogP contribution in [-0.2, 0) is 15.6 Å². The van der Waals surface area contributed by atoms with Crippen LogP contribution >= 0.6 is 10.7 Å². The van der Waals surface area contributed by atoms with Crippen LogP contribution < -0.4 is 0 Å². The first-order chi connectivity index (χ1) is 9.74. The standard InChI is InChI=1S/C11H11ClN4O4S/c1-3-15-10(13-14-11(15)21(12,19)20)8-4-7(2)5-9(6-8)16(17)18/h4-6H,3H2,1-2H3. The van der Waals surface area contributed by atoms with Gasteiger partial charge in [-0.15, -0.1) is 10.2 Å². The molecule has 0 N–H and O–H groups in total. The average molecular weight is 331 g/mol. The van der Waals surface area contributed by atoms with E-state index >= 15 is 0 Å². The molecule has 0 atom stereocenters. The molecule has 0 saturated carbocycles. The lowest BCUT2D eigenvalue weighted by atomic mass is 10.1. The van der Waals surface area contributed by atoms with Gasteiger partial charge in [-0.25, -0.2) is 8.42 Å². The summed E-state index contributed by atoms with van der Waals surface area (Å²) in [5, 5.41) is 17.9. The molecule has 10 heteroatoms. The molecule has 0 bridgehead atoms. The van der Waals surface area contributed by atoms with Gasteiger partial charge in [0.1, 0.15) is 0 Å². The molecule has 8 nitrogen and oxygen atoms in total. The molecule has 112 valence electrons. The Balaban J connectivity index is 2.68. The summed E-state index contributed by atoms with van der Waals surface area (Å²) in [5.41, 5.74) is 0.952. The van der Waals surface area contributed by atoms with Crippen molar-refractivity contribution in [3.05, 3.63) is 33.9 Å². The minimum Gasteiger partial charge on any atom is -0.297 e. The molecule has 0 aliphatic carbocycles. The third kappa shape index (κ3) is 3.03. The first kappa shape index (κ1) is 15.4. The van der Waals surface area contributed by atoms with Crippen LogP contribution in [0.15, 0.2) is 23.4 Å². The van der Waals surface area contributed by atoms with Gasteiger partial charge < -0.3 is 0 Å². The number of aromatic nitrogens is 3. The number of aryl methyl sites for hydroxylation is 1. The second kappa shape index (κ2) is 5.41. The van der Waals surface area contributed by atoms with Crippen LogP contribution in [0.5, 0.6) is 0 Å². The van der Waals surface area contributed by atoms with Crippen LogP contribution in [0.3, 0.4) is 0 Å². The molecular formula is C11H11ClN4O4S. The van der Waals surface area contributed by atoms with Crippen LogP contribution in [0.1, 0.15) is 12.5 Å². The highest BCUT2D eigenvalue weighted by atomic mass is 35.7. The highest BCUT2D eigenvalue weighted by molar-refractivity contribution is 8.13. The van der Waals surface area contributed by atoms with Crippen molar-refractivity contribution in [1.29, 1.82) is 0 Å². The van der Waals surface area contributed by atoms with Crippen LogP contribution in [0.25, 0.3) is 11.4 Å². The highest BCUT2D eigenvalue weighted by Gasteiger charge is 2.23. The van der Waals surface area contributed by atoms with Crippen molar-refractivity contribution in [2.24, 2.45) is 0 Å². The van der Waals surface area contributed by atoms with Crippen molar-refractivity contribution in [2.75, 3.05) is 0 Å². The Bertz CT molecular complexity index is 816. The van der Waals surface area contributed by atoms with Crippen molar-refractivity contribution in [3.63, 3.8) is 0 Å². The molecule has 1 heterocycles. The molecule has 1 aromatic heterocycles. The van der Waals surface area contributed by atoms with Gasteiger partial charge in [-0.1, -0.05) is 0 Å². The van der Waals surface area contributed by atoms with Gasteiger partial charge in [0.25, 0.3) is 19.9 Å². The Morgan fingerprint density at radius 2 is 2.00 bits per heavy atom. The molecule has 2 rings (SSSR count). The molecular weight excluding hydrogens is 320 g/mol. The Kier molecular flexibility index (Phi) is 3.97. The summed E-state index contributed by atoms with van der Waals surface area (Å²) in [6, 6.07) is 4.39. The van der Waals surface area contributed by atoms with Gasteiger partial charge in [-0.05, 0) is 25.5 Å². The largest absolute Gasteiger partial charge is 0.297 e. The van der Waals surface area contributed by atoms with E-state index in [0.717, 1.165) is 0 Å². The number of rotatable bonds is 4. The molecule has 0 fully saturated rings. The maximum absolute atomic E-state index is 11.4. The van der Waals surface area contributed by atoms with Crippen molar-refractivity contribution in [2.45, 2.75) is 25.5 Å². The maximum Gasteiger partial charge on any atom is 0.296 e. The fourth-order valence-corrected chi connectivity index (χ4v) is 2.92. The lowest BCUT2D eigenvalue weighted by molar-refractivity contribution is -0.384. The van der Waals surface area contributed by atoms with E-state index < -0.39 is 14.0 Å². The SMILES string of the molecule is CCn1c(-c2cc(C)cc([N+](=O)[O-])c2)nnc1S(=O)(=O)Cl. The maximum atomic E-state index is 11.4. The number of hydrogen-bond acceptors (Lipinski definition) is 6. The Morgan fingerprint density at radius 1 is 1.33 bits per heavy atom. The second-order valence-electron chi connectivity index (χ2n) is 4.30. The van der Waals surface area contributed by atoms with Gasteiger partial charge in [0.05, 0.1) is 4.92 Å². The molecule has 0 aliphatic heterocycles. The molecule has 0 saturated heterocycles. The van der Waals surface area contributed by atoms with Gasteiger partial charge in [0.2, 0.25) is 0 Å². The predicted octanol–water partition coefficient (Wildman–Crippen LogP) is 2.11. The van der Waals surface area contributed by atoms with Crippen LogP contribution in [0.4, 0.5) is 5.69 Å². The van der Waals surface area contributed by atoms with Gasteiger partial charge in [0.15, 0.2) is 5.82 Å². The second-order valence-corrected chi connectivity index (χ2v) is 6.76. The fraction of sp³-hybridized carbons (Fsp3) is 0.273. The molecule has 1 aromatic carbocycles. The Morgan fingerprint density at radius 3 is 2.52 bits per heavy atom. The number of benzene rings is 1. The average Bonchev–Trinajstić information content (AvgIpc) is 2.81. The number of non-ortho nitro benzene ring substituents is 1. The third-order valence-corrected chi connectivity index (χ3v) is 3.93. The molecule has 2 aromatic rings. The quantitative estimate of drug-likeness (QED) is 0.482. The van der Waals surface area contributed by atoms with Crippen LogP contribution in [0.2, 0.25) is 0 Å². The van der Waals surface area contributed by atoms with Gasteiger partial charge in [-0.3, -0.25) is 14.7 Å². The number of hydrogen-bond donors (Lipinski definition) is 0. The molecule has 21 heavy (non-hydrogen) atoms. The summed E-state index contributed by atoms with van der Waals surface area (Å²) in [5.74, 6) is 0.212. The lowest BCUT2D eigenvalue weighted by Crippen LogP contribution is -2.06. The summed E-state index contributed by atoms with van der Waals surface area (Å²) < 4.78 is 24.2. The molecule has 0 spiro atoms. The summed E-state index contributed by atoms with van der Waals surface area (Å²) >= 11 is 0. The third-order valence-electron chi connectivity index (χ3n) is 2.78. The van der Waals surface area contributed by atoms with E-state index in [1.807, 2.05) is 0 Å². The van der Waals surface area contributed by atoms with E-state index in [9.17, 15) is 18.5 Å². The Labute approximate surface area is 124 Å². The topological polar surface area (TPSA) is 108 Å². The Hall–Kier alpha value is -2.00. The molecule has 0 radical (unpaired) electrons. The molecule has 0 aliphatic rings. The first-order valence-corrected chi connectivity index (χ1v) is 8.19. The zero-order chi connectivity index (χ0) is 15.8. The van der Waals surface area contributed by atoms with Gasteiger partial charge in [0, 0.05) is 34.9 Å².